The van der Waals surface area contributed by atoms with E-state index in [1.165, 1.54) is 0 Å². The van der Waals surface area contributed by atoms with Crippen LogP contribution in [0, 0.1) is 0 Å². The Bertz CT molecular complexity index is 160. The van der Waals surface area contributed by atoms with Gasteiger partial charge in [0.05, 0.1) is 6.54 Å². The molecule has 1 atom stereocenters. The molecule has 0 rings (SSSR count). The summed E-state index contributed by atoms with van der Waals surface area (Å²) in [6.45, 7) is 6.46. The Hall–Kier alpha value is -0.610. The van der Waals surface area contributed by atoms with Gasteiger partial charge in [-0.1, -0.05) is 20.8 Å². The van der Waals surface area contributed by atoms with Gasteiger partial charge in [0.25, 0.3) is 0 Å². The molecule has 0 aliphatic heterocycles. The lowest BCUT2D eigenvalue weighted by Gasteiger charge is -2.16. The van der Waals surface area contributed by atoms with Gasteiger partial charge < -0.3 is 15.7 Å². The highest BCUT2D eigenvalue weighted by atomic mass is 16.3. The van der Waals surface area contributed by atoms with Gasteiger partial charge in [-0.25, -0.2) is 0 Å². The fraction of sp³-hybridized carbons (Fsp3) is 0.900. The molecule has 0 heterocycles. The molecule has 0 aromatic heterocycles. The fourth-order valence-corrected chi connectivity index (χ4v) is 1.11. The first kappa shape index (κ1) is 13.4. The molecule has 84 valence electrons. The number of aliphatic hydroxyl groups is 1. The molecule has 1 unspecified atom stereocenters. The summed E-state index contributed by atoms with van der Waals surface area (Å²) >= 11 is 0. The zero-order valence-electron chi connectivity index (χ0n) is 9.34. The van der Waals surface area contributed by atoms with Crippen molar-refractivity contribution in [2.75, 3.05) is 13.2 Å². The smallest absolute Gasteiger partial charge is 0.234 e. The second-order valence-electron chi connectivity index (χ2n) is 3.72. The first-order chi connectivity index (χ1) is 6.60. The molecule has 0 aliphatic carbocycles. The molecule has 0 radical (unpaired) electrons. The lowest BCUT2D eigenvalue weighted by atomic mass is 10.1. The van der Waals surface area contributed by atoms with E-state index in [2.05, 4.69) is 10.6 Å². The van der Waals surface area contributed by atoms with Crippen LogP contribution in [0.1, 0.15) is 33.6 Å². The molecule has 0 spiro atoms. The minimum Gasteiger partial charge on any atom is -0.396 e. The molecule has 0 fully saturated rings. The number of hydrogen-bond donors (Lipinski definition) is 3. The Balaban J connectivity index is 3.67. The van der Waals surface area contributed by atoms with Crippen LogP contribution >= 0.6 is 0 Å². The van der Waals surface area contributed by atoms with Crippen molar-refractivity contribution in [3.63, 3.8) is 0 Å². The van der Waals surface area contributed by atoms with E-state index >= 15 is 0 Å². The number of aliphatic hydroxyl groups excluding tert-OH is 1. The molecule has 3 N–H and O–H groups in total. The van der Waals surface area contributed by atoms with E-state index < -0.39 is 0 Å². The van der Waals surface area contributed by atoms with E-state index in [-0.39, 0.29) is 18.6 Å². The van der Waals surface area contributed by atoms with E-state index in [9.17, 15) is 4.79 Å². The molecule has 4 nitrogen and oxygen atoms in total. The average Bonchev–Trinajstić information content (AvgIpc) is 2.14. The van der Waals surface area contributed by atoms with Gasteiger partial charge in [0.2, 0.25) is 5.91 Å². The Morgan fingerprint density at radius 1 is 1.43 bits per heavy atom. The molecule has 4 heteroatoms. The Morgan fingerprint density at radius 2 is 2.07 bits per heavy atom. The first-order valence-corrected chi connectivity index (χ1v) is 5.23. The normalized spacial score (nSPS) is 12.9. The monoisotopic (exact) mass is 202 g/mol. The zero-order chi connectivity index (χ0) is 11.0. The second kappa shape index (κ2) is 7.76. The number of carbonyl (C=O) groups is 1. The number of carbonyl (C=O) groups excluding carboxylic acids is 1. The molecular formula is C10H22N2O2. The van der Waals surface area contributed by atoms with Crippen molar-refractivity contribution >= 4 is 5.91 Å². The van der Waals surface area contributed by atoms with E-state index in [1.54, 1.807) is 0 Å². The SMILES string of the molecule is CCC(CCO)NC(=O)CNC(C)C. The first-order valence-electron chi connectivity index (χ1n) is 5.23. The predicted molar refractivity (Wildman–Crippen MR) is 57.1 cm³/mol. The highest BCUT2D eigenvalue weighted by Crippen LogP contribution is 1.95. The summed E-state index contributed by atoms with van der Waals surface area (Å²) in [5.74, 6) is -0.000926. The van der Waals surface area contributed by atoms with Crippen molar-refractivity contribution in [3.8, 4) is 0 Å². The average molecular weight is 202 g/mol. The third kappa shape index (κ3) is 6.86. The van der Waals surface area contributed by atoms with Gasteiger partial charge in [-0.05, 0) is 12.8 Å². The second-order valence-corrected chi connectivity index (χ2v) is 3.72. The molecular weight excluding hydrogens is 180 g/mol. The molecule has 14 heavy (non-hydrogen) atoms. The summed E-state index contributed by atoms with van der Waals surface area (Å²) in [4.78, 5) is 11.3. The summed E-state index contributed by atoms with van der Waals surface area (Å²) in [7, 11) is 0. The van der Waals surface area contributed by atoms with Gasteiger partial charge in [0.1, 0.15) is 0 Å². The zero-order valence-corrected chi connectivity index (χ0v) is 9.34. The highest BCUT2D eigenvalue weighted by molar-refractivity contribution is 5.78. The van der Waals surface area contributed by atoms with Crippen LogP contribution in [0.15, 0.2) is 0 Å². The number of nitrogens with one attached hydrogen (secondary N) is 2. The van der Waals surface area contributed by atoms with E-state index in [0.717, 1.165) is 6.42 Å². The van der Waals surface area contributed by atoms with Crippen molar-refractivity contribution in [3.05, 3.63) is 0 Å². The summed E-state index contributed by atoms with van der Waals surface area (Å²) in [6, 6.07) is 0.417. The molecule has 0 aliphatic rings. The Morgan fingerprint density at radius 3 is 2.50 bits per heavy atom. The van der Waals surface area contributed by atoms with Crippen LogP contribution in [-0.2, 0) is 4.79 Å². The molecule has 0 saturated carbocycles. The minimum atomic E-state index is -0.000926. The molecule has 1 amide bonds. The number of amides is 1. The van der Waals surface area contributed by atoms with Crippen LogP contribution in [0.25, 0.3) is 0 Å². The van der Waals surface area contributed by atoms with Crippen molar-refractivity contribution in [1.82, 2.24) is 10.6 Å². The molecule has 0 bridgehead atoms. The van der Waals surface area contributed by atoms with Gasteiger partial charge in [-0.2, -0.15) is 0 Å². The van der Waals surface area contributed by atoms with Gasteiger partial charge in [0.15, 0.2) is 0 Å². The van der Waals surface area contributed by atoms with E-state index in [1.807, 2.05) is 20.8 Å². The largest absolute Gasteiger partial charge is 0.396 e. The van der Waals surface area contributed by atoms with Crippen LogP contribution in [0.4, 0.5) is 0 Å². The van der Waals surface area contributed by atoms with Crippen molar-refractivity contribution in [1.29, 1.82) is 0 Å². The van der Waals surface area contributed by atoms with Gasteiger partial charge in [-0.15, -0.1) is 0 Å². The summed E-state index contributed by atoms with van der Waals surface area (Å²) in [6.07, 6.45) is 1.48. The summed E-state index contributed by atoms with van der Waals surface area (Å²) in [5.41, 5.74) is 0. The van der Waals surface area contributed by atoms with Crippen LogP contribution in [-0.4, -0.2) is 36.2 Å². The van der Waals surface area contributed by atoms with Crippen molar-refractivity contribution in [2.24, 2.45) is 0 Å². The lowest BCUT2D eigenvalue weighted by Crippen LogP contribution is -2.42. The quantitative estimate of drug-likeness (QED) is 0.555. The fourth-order valence-electron chi connectivity index (χ4n) is 1.11. The highest BCUT2D eigenvalue weighted by Gasteiger charge is 2.09. The number of hydrogen-bond acceptors (Lipinski definition) is 3. The van der Waals surface area contributed by atoms with Gasteiger partial charge >= 0.3 is 0 Å². The molecule has 0 aromatic carbocycles. The van der Waals surface area contributed by atoms with Crippen molar-refractivity contribution in [2.45, 2.75) is 45.7 Å². The summed E-state index contributed by atoms with van der Waals surface area (Å²) < 4.78 is 0. The maximum absolute atomic E-state index is 11.3. The topological polar surface area (TPSA) is 61.4 Å². The summed E-state index contributed by atoms with van der Waals surface area (Å²) in [5, 5.41) is 14.6. The molecule has 0 aromatic rings. The Labute approximate surface area is 86.1 Å². The number of rotatable bonds is 7. The van der Waals surface area contributed by atoms with Crippen LogP contribution in [0.5, 0.6) is 0 Å². The maximum Gasteiger partial charge on any atom is 0.234 e. The third-order valence-electron chi connectivity index (χ3n) is 2.01. The molecule has 0 saturated heterocycles. The van der Waals surface area contributed by atoms with Gasteiger partial charge in [-0.3, -0.25) is 4.79 Å². The van der Waals surface area contributed by atoms with Crippen molar-refractivity contribution < 1.29 is 9.90 Å². The van der Waals surface area contributed by atoms with Crippen LogP contribution < -0.4 is 10.6 Å². The van der Waals surface area contributed by atoms with Crippen LogP contribution in [0.2, 0.25) is 0 Å². The van der Waals surface area contributed by atoms with E-state index in [4.69, 9.17) is 5.11 Å². The minimum absolute atomic E-state index is 0.000926. The Kier molecular flexibility index (Phi) is 7.42. The lowest BCUT2D eigenvalue weighted by molar-refractivity contribution is -0.121. The standard InChI is InChI=1S/C10H22N2O2/c1-4-9(5-6-13)12-10(14)7-11-8(2)3/h8-9,11,13H,4-7H2,1-3H3,(H,12,14). The predicted octanol–water partition coefficient (Wildman–Crippen LogP) is 0.262. The van der Waals surface area contributed by atoms with E-state index in [0.29, 0.717) is 19.0 Å². The van der Waals surface area contributed by atoms with Crippen LogP contribution in [0.3, 0.4) is 0 Å². The maximum atomic E-state index is 11.3. The third-order valence-corrected chi connectivity index (χ3v) is 2.01. The van der Waals surface area contributed by atoms with Gasteiger partial charge in [0, 0.05) is 18.7 Å².